The van der Waals surface area contributed by atoms with Crippen molar-refractivity contribution in [1.29, 1.82) is 0 Å². The maximum atomic E-state index is 13.2. The zero-order chi connectivity index (χ0) is 23.2. The number of amides is 3. The van der Waals surface area contributed by atoms with Crippen LogP contribution in [0.1, 0.15) is 71.3 Å². The van der Waals surface area contributed by atoms with Gasteiger partial charge in [0.15, 0.2) is 0 Å². The molecule has 1 fully saturated rings. The second-order valence-electron chi connectivity index (χ2n) is 8.45. The Morgan fingerprint density at radius 1 is 1.12 bits per heavy atom. The molecule has 1 unspecified atom stereocenters. The summed E-state index contributed by atoms with van der Waals surface area (Å²) in [6.07, 6.45) is 13.0. The standard InChI is InChI=1S/C27H41N3O2/c1-4-7-10-14-23(6-3)17-18-25(26(31)28-19-13-8-5-2)30-21-20-29(27(30)32)22-24-15-11-9-12-16-24/h7,9-12,14-16,25H,4-6,8,13,17-22H2,1-3H3,(H,28,31)/b10-7-,23-14+. The zero-order valence-corrected chi connectivity index (χ0v) is 20.2. The molecule has 5 heteroatoms. The number of hydrogen-bond acceptors (Lipinski definition) is 2. The van der Waals surface area contributed by atoms with Crippen molar-refractivity contribution in [2.24, 2.45) is 0 Å². The van der Waals surface area contributed by atoms with Crippen LogP contribution in [0.5, 0.6) is 0 Å². The van der Waals surface area contributed by atoms with Crippen LogP contribution in [0.25, 0.3) is 0 Å². The molecule has 0 aromatic heterocycles. The molecule has 176 valence electrons. The van der Waals surface area contributed by atoms with Gasteiger partial charge in [0.2, 0.25) is 5.91 Å². The van der Waals surface area contributed by atoms with Crippen LogP contribution in [0.2, 0.25) is 0 Å². The lowest BCUT2D eigenvalue weighted by Crippen LogP contribution is -2.48. The molecular formula is C27H41N3O2. The highest BCUT2D eigenvalue weighted by atomic mass is 16.2. The van der Waals surface area contributed by atoms with E-state index in [1.807, 2.05) is 35.2 Å². The minimum absolute atomic E-state index is 0.0180. The highest BCUT2D eigenvalue weighted by molar-refractivity contribution is 5.88. The summed E-state index contributed by atoms with van der Waals surface area (Å²) >= 11 is 0. The third-order valence-corrected chi connectivity index (χ3v) is 6.00. The molecule has 0 aliphatic carbocycles. The van der Waals surface area contributed by atoms with Gasteiger partial charge in [-0.15, -0.1) is 0 Å². The van der Waals surface area contributed by atoms with Crippen LogP contribution in [0.3, 0.4) is 0 Å². The molecule has 1 aromatic carbocycles. The molecule has 1 aliphatic heterocycles. The monoisotopic (exact) mass is 439 g/mol. The maximum Gasteiger partial charge on any atom is 0.321 e. The Labute approximate surface area is 194 Å². The first-order valence-corrected chi connectivity index (χ1v) is 12.3. The van der Waals surface area contributed by atoms with Gasteiger partial charge in [-0.25, -0.2) is 4.79 Å². The van der Waals surface area contributed by atoms with Crippen molar-refractivity contribution in [3.8, 4) is 0 Å². The van der Waals surface area contributed by atoms with Gasteiger partial charge in [-0.2, -0.15) is 0 Å². The minimum Gasteiger partial charge on any atom is -0.354 e. The van der Waals surface area contributed by atoms with E-state index in [0.717, 1.165) is 44.1 Å². The maximum absolute atomic E-state index is 13.2. The van der Waals surface area contributed by atoms with Gasteiger partial charge in [0.25, 0.3) is 0 Å². The van der Waals surface area contributed by atoms with Gasteiger partial charge in [0.05, 0.1) is 0 Å². The number of hydrogen-bond donors (Lipinski definition) is 1. The Hall–Kier alpha value is -2.56. The smallest absolute Gasteiger partial charge is 0.321 e. The van der Waals surface area contributed by atoms with Crippen LogP contribution in [0.4, 0.5) is 4.79 Å². The average molecular weight is 440 g/mol. The third-order valence-electron chi connectivity index (χ3n) is 6.00. The van der Waals surface area contributed by atoms with Crippen LogP contribution in [-0.4, -0.2) is 47.4 Å². The van der Waals surface area contributed by atoms with E-state index in [0.29, 0.717) is 32.6 Å². The molecule has 1 atom stereocenters. The van der Waals surface area contributed by atoms with Crippen molar-refractivity contribution in [2.45, 2.75) is 78.3 Å². The van der Waals surface area contributed by atoms with Crippen molar-refractivity contribution in [3.63, 3.8) is 0 Å². The van der Waals surface area contributed by atoms with Gasteiger partial charge in [0.1, 0.15) is 6.04 Å². The fraction of sp³-hybridized carbons (Fsp3) is 0.556. The Kier molecular flexibility index (Phi) is 11.6. The predicted octanol–water partition coefficient (Wildman–Crippen LogP) is 5.68. The number of nitrogens with one attached hydrogen (secondary N) is 1. The molecule has 32 heavy (non-hydrogen) atoms. The summed E-state index contributed by atoms with van der Waals surface area (Å²) < 4.78 is 0. The Morgan fingerprint density at radius 3 is 2.59 bits per heavy atom. The Bertz CT molecular complexity index is 757. The van der Waals surface area contributed by atoms with E-state index < -0.39 is 6.04 Å². The van der Waals surface area contributed by atoms with Crippen LogP contribution >= 0.6 is 0 Å². The van der Waals surface area contributed by atoms with Crippen molar-refractivity contribution in [2.75, 3.05) is 19.6 Å². The summed E-state index contributed by atoms with van der Waals surface area (Å²) in [6.45, 7) is 8.93. The van der Waals surface area contributed by atoms with E-state index in [2.05, 4.69) is 44.3 Å². The summed E-state index contributed by atoms with van der Waals surface area (Å²) in [5.74, 6) is -0.0180. The third kappa shape index (κ3) is 8.18. The van der Waals surface area contributed by atoms with E-state index in [4.69, 9.17) is 0 Å². The van der Waals surface area contributed by atoms with Crippen molar-refractivity contribution in [1.82, 2.24) is 15.1 Å². The molecule has 1 aromatic rings. The molecule has 0 saturated carbocycles. The largest absolute Gasteiger partial charge is 0.354 e. The summed E-state index contributed by atoms with van der Waals surface area (Å²) in [6, 6.07) is 9.59. The lowest BCUT2D eigenvalue weighted by atomic mass is 10.0. The van der Waals surface area contributed by atoms with E-state index in [9.17, 15) is 9.59 Å². The molecule has 0 bridgehead atoms. The van der Waals surface area contributed by atoms with Crippen LogP contribution in [0, 0.1) is 0 Å². The first kappa shape index (κ1) is 25.7. The van der Waals surface area contributed by atoms with Gasteiger partial charge >= 0.3 is 6.03 Å². The van der Waals surface area contributed by atoms with Crippen LogP contribution in [-0.2, 0) is 11.3 Å². The highest BCUT2D eigenvalue weighted by Crippen LogP contribution is 2.21. The van der Waals surface area contributed by atoms with Gasteiger partial charge in [0, 0.05) is 26.2 Å². The summed E-state index contributed by atoms with van der Waals surface area (Å²) in [4.78, 5) is 30.0. The fourth-order valence-electron chi connectivity index (χ4n) is 4.01. The first-order valence-electron chi connectivity index (χ1n) is 12.3. The van der Waals surface area contributed by atoms with Gasteiger partial charge in [-0.1, -0.05) is 87.7 Å². The number of carbonyl (C=O) groups is 2. The normalized spacial score (nSPS) is 15.6. The number of benzene rings is 1. The van der Waals surface area contributed by atoms with E-state index in [1.54, 1.807) is 4.90 Å². The van der Waals surface area contributed by atoms with Crippen molar-refractivity contribution in [3.05, 3.63) is 59.7 Å². The molecule has 0 spiro atoms. The molecule has 0 radical (unpaired) electrons. The molecule has 1 N–H and O–H groups in total. The van der Waals surface area contributed by atoms with Gasteiger partial charge in [-0.05, 0) is 37.7 Å². The second-order valence-corrected chi connectivity index (χ2v) is 8.45. The molecule has 1 saturated heterocycles. The fourth-order valence-corrected chi connectivity index (χ4v) is 4.01. The molecule has 1 aliphatic rings. The summed E-state index contributed by atoms with van der Waals surface area (Å²) in [5, 5.41) is 3.09. The Balaban J connectivity index is 2.07. The van der Waals surface area contributed by atoms with E-state index in [1.165, 1.54) is 5.57 Å². The number of unbranched alkanes of at least 4 members (excludes halogenated alkanes) is 2. The van der Waals surface area contributed by atoms with Crippen LogP contribution < -0.4 is 5.32 Å². The molecular weight excluding hydrogens is 398 g/mol. The molecule has 2 rings (SSSR count). The SMILES string of the molecule is CC/C=C\C=C(/CC)CCC(C(=O)NCCCCC)N1CCN(Cc2ccccc2)C1=O. The quantitative estimate of drug-likeness (QED) is 0.299. The number of rotatable bonds is 14. The van der Waals surface area contributed by atoms with Crippen molar-refractivity contribution >= 4 is 11.9 Å². The Morgan fingerprint density at radius 2 is 1.91 bits per heavy atom. The van der Waals surface area contributed by atoms with E-state index >= 15 is 0 Å². The van der Waals surface area contributed by atoms with E-state index in [-0.39, 0.29) is 11.9 Å². The minimum atomic E-state index is -0.421. The van der Waals surface area contributed by atoms with Crippen molar-refractivity contribution < 1.29 is 9.59 Å². The zero-order valence-electron chi connectivity index (χ0n) is 20.2. The average Bonchev–Trinajstić information content (AvgIpc) is 3.16. The van der Waals surface area contributed by atoms with Gasteiger partial charge in [-0.3, -0.25) is 4.79 Å². The number of carbonyl (C=O) groups excluding carboxylic acids is 2. The number of nitrogens with zero attached hydrogens (tertiary/aromatic N) is 2. The molecule has 1 heterocycles. The second kappa shape index (κ2) is 14.5. The summed E-state index contributed by atoms with van der Waals surface area (Å²) in [5.41, 5.74) is 2.42. The highest BCUT2D eigenvalue weighted by Gasteiger charge is 2.36. The van der Waals surface area contributed by atoms with Gasteiger partial charge < -0.3 is 15.1 Å². The lowest BCUT2D eigenvalue weighted by molar-refractivity contribution is -0.125. The summed E-state index contributed by atoms with van der Waals surface area (Å²) in [7, 11) is 0. The van der Waals surface area contributed by atoms with Crippen LogP contribution in [0.15, 0.2) is 54.1 Å². The topological polar surface area (TPSA) is 52.7 Å². The molecule has 3 amide bonds. The number of urea groups is 1. The first-order chi connectivity index (χ1) is 15.6. The number of allylic oxidation sites excluding steroid dienone is 4. The predicted molar refractivity (Wildman–Crippen MR) is 132 cm³/mol. The molecule has 5 nitrogen and oxygen atoms in total. The lowest BCUT2D eigenvalue weighted by Gasteiger charge is -2.27.